The monoisotopic (exact) mass is 480 g/mol. The molecule has 2 N–H and O–H groups in total. The van der Waals surface area contributed by atoms with Crippen LogP contribution in [0.5, 0.6) is 5.75 Å². The maximum Gasteiger partial charge on any atom is 0.255 e. The van der Waals surface area contributed by atoms with Crippen molar-refractivity contribution in [3.63, 3.8) is 0 Å². The lowest BCUT2D eigenvalue weighted by molar-refractivity contribution is 0.102. The molecule has 1 amide bonds. The summed E-state index contributed by atoms with van der Waals surface area (Å²) in [5, 5.41) is 6.30. The van der Waals surface area contributed by atoms with Gasteiger partial charge in [-0.05, 0) is 55.8 Å². The highest BCUT2D eigenvalue weighted by Crippen LogP contribution is 2.24. The van der Waals surface area contributed by atoms with Crippen LogP contribution in [0.2, 0.25) is 0 Å². The van der Waals surface area contributed by atoms with Crippen molar-refractivity contribution in [3.8, 4) is 17.0 Å². The average molecular weight is 481 g/mol. The van der Waals surface area contributed by atoms with Gasteiger partial charge < -0.3 is 15.4 Å². The number of nitrogens with one attached hydrogen (secondary N) is 2. The third-order valence-corrected chi connectivity index (χ3v) is 5.68. The second-order valence-electron chi connectivity index (χ2n) is 8.65. The lowest BCUT2D eigenvalue weighted by atomic mass is 10.1. The van der Waals surface area contributed by atoms with Gasteiger partial charge in [0, 0.05) is 28.6 Å². The van der Waals surface area contributed by atoms with Gasteiger partial charge in [-0.2, -0.15) is 0 Å². The zero-order valence-corrected chi connectivity index (χ0v) is 20.8. The summed E-state index contributed by atoms with van der Waals surface area (Å²) in [5.74, 6) is 1.97. The Bertz CT molecular complexity index is 1270. The number of nitrogens with zero attached hydrogens (tertiary/aromatic N) is 2. The first-order chi connectivity index (χ1) is 17.6. The van der Waals surface area contributed by atoms with Crippen LogP contribution in [0, 0.1) is 6.92 Å². The molecule has 0 saturated carbocycles. The number of carbonyl (C=O) groups excluding carboxylic acids is 1. The van der Waals surface area contributed by atoms with E-state index in [1.165, 1.54) is 19.3 Å². The van der Waals surface area contributed by atoms with Crippen molar-refractivity contribution in [2.75, 3.05) is 17.2 Å². The number of amides is 1. The number of benzene rings is 3. The number of aryl methyl sites for hydroxylation is 1. The molecule has 0 aliphatic carbocycles. The van der Waals surface area contributed by atoms with Gasteiger partial charge in [0.15, 0.2) is 0 Å². The van der Waals surface area contributed by atoms with Gasteiger partial charge >= 0.3 is 0 Å². The van der Waals surface area contributed by atoms with Gasteiger partial charge in [-0.25, -0.2) is 9.97 Å². The average Bonchev–Trinajstić information content (AvgIpc) is 2.89. The summed E-state index contributed by atoms with van der Waals surface area (Å²) in [5.41, 5.74) is 3.96. The Morgan fingerprint density at radius 1 is 0.833 bits per heavy atom. The molecule has 6 heteroatoms. The summed E-state index contributed by atoms with van der Waals surface area (Å²) >= 11 is 0. The van der Waals surface area contributed by atoms with Crippen LogP contribution < -0.4 is 15.4 Å². The minimum Gasteiger partial charge on any atom is -0.494 e. The fraction of sp³-hybridized carbons (Fsp3) is 0.233. The molecule has 0 radical (unpaired) electrons. The molecule has 4 aromatic rings. The molecular weight excluding hydrogens is 448 g/mol. The molecule has 0 bridgehead atoms. The van der Waals surface area contributed by atoms with Crippen molar-refractivity contribution in [1.82, 2.24) is 9.97 Å². The van der Waals surface area contributed by atoms with E-state index in [9.17, 15) is 4.79 Å². The van der Waals surface area contributed by atoms with E-state index in [1.54, 1.807) is 12.1 Å². The van der Waals surface area contributed by atoms with Crippen LogP contribution >= 0.6 is 0 Å². The summed E-state index contributed by atoms with van der Waals surface area (Å²) in [6.07, 6.45) is 4.66. The number of carbonyl (C=O) groups is 1. The van der Waals surface area contributed by atoms with E-state index in [4.69, 9.17) is 4.74 Å². The van der Waals surface area contributed by atoms with Gasteiger partial charge in [0.05, 0.1) is 12.3 Å². The maximum absolute atomic E-state index is 12.8. The smallest absolute Gasteiger partial charge is 0.255 e. The van der Waals surface area contributed by atoms with E-state index in [-0.39, 0.29) is 5.91 Å². The molecule has 3 aromatic carbocycles. The van der Waals surface area contributed by atoms with Crippen LogP contribution in [0.25, 0.3) is 11.3 Å². The topological polar surface area (TPSA) is 76.1 Å². The van der Waals surface area contributed by atoms with Crippen LogP contribution in [0.15, 0.2) is 84.9 Å². The number of ether oxygens (including phenoxy) is 1. The minimum atomic E-state index is -0.175. The molecule has 0 aliphatic heterocycles. The number of hydrogen-bond donors (Lipinski definition) is 2. The number of unbranched alkanes of at least 4 members (excludes halogenated alkanes) is 3. The van der Waals surface area contributed by atoms with E-state index in [2.05, 4.69) is 27.5 Å². The first-order valence-electron chi connectivity index (χ1n) is 12.4. The zero-order chi connectivity index (χ0) is 25.2. The SMILES string of the molecule is CCCCCCOc1ccc(C(=O)Nc2cccc(Nc3cc(-c4ccccc4)nc(C)n3)c2)cc1. The molecule has 0 saturated heterocycles. The Morgan fingerprint density at radius 3 is 2.39 bits per heavy atom. The molecule has 1 heterocycles. The predicted octanol–water partition coefficient (Wildman–Crippen LogP) is 7.41. The summed E-state index contributed by atoms with van der Waals surface area (Å²) in [6, 6.07) is 26.7. The highest BCUT2D eigenvalue weighted by molar-refractivity contribution is 6.04. The number of aromatic nitrogens is 2. The number of anilines is 3. The molecule has 0 aliphatic rings. The maximum atomic E-state index is 12.8. The van der Waals surface area contributed by atoms with Crippen molar-refractivity contribution >= 4 is 23.1 Å². The van der Waals surface area contributed by atoms with Gasteiger partial charge in [0.2, 0.25) is 0 Å². The van der Waals surface area contributed by atoms with Gasteiger partial charge in [-0.1, -0.05) is 62.6 Å². The molecular formula is C30H32N4O2. The van der Waals surface area contributed by atoms with Crippen molar-refractivity contribution in [2.45, 2.75) is 39.5 Å². The molecule has 0 unspecified atom stereocenters. The third-order valence-electron chi connectivity index (χ3n) is 5.68. The quantitative estimate of drug-likeness (QED) is 0.219. The van der Waals surface area contributed by atoms with Crippen LogP contribution in [0.4, 0.5) is 17.2 Å². The highest BCUT2D eigenvalue weighted by Gasteiger charge is 2.09. The molecule has 4 rings (SSSR count). The van der Waals surface area contributed by atoms with Crippen molar-refractivity contribution < 1.29 is 9.53 Å². The van der Waals surface area contributed by atoms with E-state index < -0.39 is 0 Å². The van der Waals surface area contributed by atoms with Gasteiger partial charge in [0.25, 0.3) is 5.91 Å². The number of rotatable bonds is 11. The summed E-state index contributed by atoms with van der Waals surface area (Å²) in [7, 11) is 0. The van der Waals surface area contributed by atoms with Crippen LogP contribution in [-0.2, 0) is 0 Å². The zero-order valence-electron chi connectivity index (χ0n) is 20.8. The Morgan fingerprint density at radius 2 is 1.61 bits per heavy atom. The van der Waals surface area contributed by atoms with E-state index in [0.717, 1.165) is 29.1 Å². The second-order valence-corrected chi connectivity index (χ2v) is 8.65. The molecule has 0 spiro atoms. The second kappa shape index (κ2) is 12.5. The van der Waals surface area contributed by atoms with Crippen LogP contribution in [0.1, 0.15) is 48.8 Å². The molecule has 36 heavy (non-hydrogen) atoms. The van der Waals surface area contributed by atoms with Gasteiger partial charge in [-0.3, -0.25) is 4.79 Å². The first-order valence-corrected chi connectivity index (χ1v) is 12.4. The van der Waals surface area contributed by atoms with Gasteiger partial charge in [0.1, 0.15) is 17.4 Å². The Labute approximate surface area is 212 Å². The summed E-state index contributed by atoms with van der Waals surface area (Å²) in [4.78, 5) is 21.8. The van der Waals surface area contributed by atoms with E-state index in [1.807, 2.05) is 79.7 Å². The van der Waals surface area contributed by atoms with E-state index in [0.29, 0.717) is 29.5 Å². The third kappa shape index (κ3) is 7.15. The molecule has 184 valence electrons. The highest BCUT2D eigenvalue weighted by atomic mass is 16.5. The first kappa shape index (κ1) is 24.9. The Balaban J connectivity index is 1.38. The molecule has 1 aromatic heterocycles. The lowest BCUT2D eigenvalue weighted by Crippen LogP contribution is -2.12. The van der Waals surface area contributed by atoms with E-state index >= 15 is 0 Å². The molecule has 6 nitrogen and oxygen atoms in total. The minimum absolute atomic E-state index is 0.175. The fourth-order valence-electron chi connectivity index (χ4n) is 3.84. The Kier molecular flexibility index (Phi) is 8.65. The summed E-state index contributed by atoms with van der Waals surface area (Å²) < 4.78 is 5.77. The number of hydrogen-bond acceptors (Lipinski definition) is 5. The van der Waals surface area contributed by atoms with Crippen LogP contribution in [-0.4, -0.2) is 22.5 Å². The van der Waals surface area contributed by atoms with Crippen molar-refractivity contribution in [1.29, 1.82) is 0 Å². The van der Waals surface area contributed by atoms with Crippen LogP contribution in [0.3, 0.4) is 0 Å². The Hall–Kier alpha value is -4.19. The van der Waals surface area contributed by atoms with Gasteiger partial charge in [-0.15, -0.1) is 0 Å². The van der Waals surface area contributed by atoms with Crippen molar-refractivity contribution in [3.05, 3.63) is 96.3 Å². The lowest BCUT2D eigenvalue weighted by Gasteiger charge is -2.11. The molecule has 0 atom stereocenters. The largest absolute Gasteiger partial charge is 0.494 e. The normalized spacial score (nSPS) is 10.6. The summed E-state index contributed by atoms with van der Waals surface area (Å²) in [6.45, 7) is 4.76. The predicted molar refractivity (Wildman–Crippen MR) is 146 cm³/mol. The standard InChI is InChI=1S/C30H32N4O2/c1-3-4-5-9-19-36-27-17-15-24(16-18-27)30(35)34-26-14-10-13-25(20-26)33-29-21-28(31-22(2)32-29)23-11-7-6-8-12-23/h6-8,10-18,20-21H,3-5,9,19H2,1-2H3,(H,34,35)(H,31,32,33). The molecule has 0 fully saturated rings. The van der Waals surface area contributed by atoms with Crippen molar-refractivity contribution in [2.24, 2.45) is 0 Å². The fourth-order valence-corrected chi connectivity index (χ4v) is 3.84.